The van der Waals surface area contributed by atoms with Gasteiger partial charge in [-0.3, -0.25) is 4.79 Å². The van der Waals surface area contributed by atoms with Crippen LogP contribution in [0.25, 0.3) is 0 Å². The highest BCUT2D eigenvalue weighted by Gasteiger charge is 2.15. The van der Waals surface area contributed by atoms with Gasteiger partial charge in [0.1, 0.15) is 6.04 Å². The molecular formula is C12H16N2O5. The van der Waals surface area contributed by atoms with Crippen LogP contribution in [0, 0.1) is 10.1 Å². The molecule has 7 nitrogen and oxygen atoms in total. The molecule has 1 unspecified atom stereocenters. The van der Waals surface area contributed by atoms with Crippen molar-refractivity contribution in [2.75, 3.05) is 13.2 Å². The maximum Gasteiger partial charge on any atom is 0.323 e. The number of carbonyl (C=O) groups is 1. The molecule has 0 aliphatic heterocycles. The molecular weight excluding hydrogens is 252 g/mol. The van der Waals surface area contributed by atoms with Crippen LogP contribution in [0.5, 0.6) is 0 Å². The third-order valence-corrected chi connectivity index (χ3v) is 2.33. The summed E-state index contributed by atoms with van der Waals surface area (Å²) in [5.41, 5.74) is 6.65. The Balaban J connectivity index is 2.20. The minimum atomic E-state index is -0.886. The Hall–Kier alpha value is -2.15. The van der Waals surface area contributed by atoms with Crippen LogP contribution in [-0.4, -0.2) is 30.3 Å². The lowest BCUT2D eigenvalue weighted by Crippen LogP contribution is -2.34. The first-order valence-electron chi connectivity index (χ1n) is 5.83. The predicted molar refractivity (Wildman–Crippen MR) is 66.6 cm³/mol. The van der Waals surface area contributed by atoms with Crippen molar-refractivity contribution in [3.05, 3.63) is 46.0 Å². The number of hydrogen-bond acceptors (Lipinski definition) is 6. The zero-order valence-electron chi connectivity index (χ0n) is 10.4. The number of carbonyl (C=O) groups excluding carboxylic acids is 1. The van der Waals surface area contributed by atoms with Crippen LogP contribution in [0.1, 0.15) is 12.0 Å². The van der Waals surface area contributed by atoms with Gasteiger partial charge < -0.3 is 15.3 Å². The van der Waals surface area contributed by atoms with Crippen LogP contribution < -0.4 is 5.73 Å². The average Bonchev–Trinajstić information content (AvgIpc) is 2.38. The third-order valence-electron chi connectivity index (χ3n) is 2.33. The molecule has 0 saturated carbocycles. The van der Waals surface area contributed by atoms with E-state index in [1.54, 1.807) is 0 Å². The predicted octanol–water partition coefficient (Wildman–Crippen LogP) is 0.698. The average molecular weight is 268 g/mol. The highest BCUT2D eigenvalue weighted by molar-refractivity contribution is 5.75. The van der Waals surface area contributed by atoms with Crippen molar-refractivity contribution >= 4 is 5.97 Å². The van der Waals surface area contributed by atoms with Gasteiger partial charge in [0.15, 0.2) is 0 Å². The lowest BCUT2D eigenvalue weighted by molar-refractivity contribution is -0.757. The molecule has 1 aromatic rings. The molecule has 2 N–H and O–H groups in total. The number of benzene rings is 1. The van der Waals surface area contributed by atoms with Gasteiger partial charge >= 0.3 is 5.97 Å². The first-order valence-corrected chi connectivity index (χ1v) is 5.83. The summed E-state index contributed by atoms with van der Waals surface area (Å²) >= 11 is 0. The van der Waals surface area contributed by atoms with Gasteiger partial charge in [0.25, 0.3) is 5.09 Å². The number of ether oxygens (including phenoxy) is 1. The second-order valence-corrected chi connectivity index (χ2v) is 3.87. The fourth-order valence-electron chi connectivity index (χ4n) is 1.43. The summed E-state index contributed by atoms with van der Waals surface area (Å²) in [6, 6.07) is 8.61. The molecule has 19 heavy (non-hydrogen) atoms. The zero-order chi connectivity index (χ0) is 14.1. The summed E-state index contributed by atoms with van der Waals surface area (Å²) in [6.07, 6.45) is 0.649. The molecule has 7 heteroatoms. The van der Waals surface area contributed by atoms with Gasteiger partial charge in [0, 0.05) is 6.42 Å². The van der Waals surface area contributed by atoms with Crippen molar-refractivity contribution < 1.29 is 19.5 Å². The van der Waals surface area contributed by atoms with Crippen molar-refractivity contribution in [3.63, 3.8) is 0 Å². The summed E-state index contributed by atoms with van der Waals surface area (Å²) in [5, 5.41) is 8.98. The largest absolute Gasteiger partial charge is 0.464 e. The van der Waals surface area contributed by atoms with Crippen LogP contribution in [0.4, 0.5) is 0 Å². The van der Waals surface area contributed by atoms with Crippen LogP contribution in [0.15, 0.2) is 30.3 Å². The molecule has 1 aromatic carbocycles. The Morgan fingerprint density at radius 2 is 2.00 bits per heavy atom. The van der Waals surface area contributed by atoms with Gasteiger partial charge in [-0.05, 0) is 12.0 Å². The number of nitrogens with two attached hydrogens (primary N) is 1. The fourth-order valence-corrected chi connectivity index (χ4v) is 1.43. The molecule has 0 aliphatic rings. The molecule has 104 valence electrons. The Bertz CT molecular complexity index is 410. The van der Waals surface area contributed by atoms with Gasteiger partial charge in [-0.1, -0.05) is 30.3 Å². The highest BCUT2D eigenvalue weighted by Crippen LogP contribution is 2.03. The van der Waals surface area contributed by atoms with Gasteiger partial charge in [-0.2, -0.15) is 0 Å². The Labute approximate surface area is 110 Å². The summed E-state index contributed by atoms with van der Waals surface area (Å²) in [4.78, 5) is 25.5. The molecule has 0 aliphatic carbocycles. The van der Waals surface area contributed by atoms with Crippen LogP contribution >= 0.6 is 0 Å². The Kier molecular flexibility index (Phi) is 6.31. The quantitative estimate of drug-likeness (QED) is 0.322. The van der Waals surface area contributed by atoms with Crippen molar-refractivity contribution in [2.45, 2.75) is 18.9 Å². The van der Waals surface area contributed by atoms with E-state index >= 15 is 0 Å². The maximum atomic E-state index is 11.5. The van der Waals surface area contributed by atoms with E-state index in [4.69, 9.17) is 10.5 Å². The fraction of sp³-hybridized carbons (Fsp3) is 0.417. The van der Waals surface area contributed by atoms with E-state index in [0.29, 0.717) is 6.42 Å². The van der Waals surface area contributed by atoms with Crippen molar-refractivity contribution in [1.82, 2.24) is 0 Å². The van der Waals surface area contributed by atoms with Crippen LogP contribution in [0.3, 0.4) is 0 Å². The van der Waals surface area contributed by atoms with E-state index in [1.165, 1.54) is 0 Å². The molecule has 0 aromatic heterocycles. The van der Waals surface area contributed by atoms with E-state index in [1.807, 2.05) is 30.3 Å². The smallest absolute Gasteiger partial charge is 0.323 e. The number of hydrogen-bond donors (Lipinski definition) is 1. The van der Waals surface area contributed by atoms with E-state index in [2.05, 4.69) is 4.84 Å². The maximum absolute atomic E-state index is 11.5. The highest BCUT2D eigenvalue weighted by atomic mass is 16.9. The normalized spacial score (nSPS) is 11.6. The van der Waals surface area contributed by atoms with E-state index in [9.17, 15) is 14.9 Å². The first kappa shape index (κ1) is 14.9. The van der Waals surface area contributed by atoms with Crippen molar-refractivity contribution in [2.24, 2.45) is 5.73 Å². The lowest BCUT2D eigenvalue weighted by Gasteiger charge is -2.11. The minimum absolute atomic E-state index is 0.0508. The van der Waals surface area contributed by atoms with Crippen molar-refractivity contribution in [3.8, 4) is 0 Å². The monoisotopic (exact) mass is 268 g/mol. The van der Waals surface area contributed by atoms with Crippen LogP contribution in [0.2, 0.25) is 0 Å². The second-order valence-electron chi connectivity index (χ2n) is 3.87. The molecule has 0 fully saturated rings. The number of rotatable bonds is 8. The summed E-state index contributed by atoms with van der Waals surface area (Å²) in [7, 11) is 0. The first-order chi connectivity index (χ1) is 9.09. The topological polar surface area (TPSA) is 105 Å². The van der Waals surface area contributed by atoms with Gasteiger partial charge in [0.2, 0.25) is 0 Å². The summed E-state index contributed by atoms with van der Waals surface area (Å²) in [6.45, 7) is -0.0522. The Morgan fingerprint density at radius 3 is 2.63 bits per heavy atom. The summed E-state index contributed by atoms with van der Waals surface area (Å²) < 4.78 is 4.89. The zero-order valence-corrected chi connectivity index (χ0v) is 10.4. The molecule has 1 rings (SSSR count). The van der Waals surface area contributed by atoms with Gasteiger partial charge in [0.05, 0.1) is 13.2 Å². The Morgan fingerprint density at radius 1 is 1.32 bits per heavy atom. The summed E-state index contributed by atoms with van der Waals surface area (Å²) in [5.74, 6) is -0.523. The SMILES string of the molecule is NC(Cc1ccccc1)C(=O)OCCCO[N+](=O)[O-]. The lowest BCUT2D eigenvalue weighted by atomic mass is 10.1. The van der Waals surface area contributed by atoms with E-state index in [-0.39, 0.29) is 19.6 Å². The molecule has 1 atom stereocenters. The second kappa shape index (κ2) is 8.04. The minimum Gasteiger partial charge on any atom is -0.464 e. The molecule has 0 saturated heterocycles. The number of esters is 1. The molecule has 0 radical (unpaired) electrons. The van der Waals surface area contributed by atoms with Gasteiger partial charge in [-0.25, -0.2) is 0 Å². The van der Waals surface area contributed by atoms with E-state index < -0.39 is 17.1 Å². The van der Waals surface area contributed by atoms with Crippen LogP contribution in [-0.2, 0) is 20.8 Å². The third kappa shape index (κ3) is 6.37. The molecule has 0 bridgehead atoms. The molecule has 0 amide bonds. The molecule has 0 heterocycles. The number of nitrogens with zero attached hydrogens (tertiary/aromatic N) is 1. The van der Waals surface area contributed by atoms with E-state index in [0.717, 1.165) is 5.56 Å². The van der Waals surface area contributed by atoms with Gasteiger partial charge in [-0.15, -0.1) is 10.1 Å². The molecule has 0 spiro atoms. The standard InChI is InChI=1S/C12H16N2O5/c13-11(9-10-5-2-1-3-6-10)12(15)18-7-4-8-19-14(16)17/h1-3,5-6,11H,4,7-9,13H2. The van der Waals surface area contributed by atoms with Crippen molar-refractivity contribution in [1.29, 1.82) is 0 Å².